The third-order valence-electron chi connectivity index (χ3n) is 1.05. The van der Waals surface area contributed by atoms with Crippen molar-refractivity contribution in [1.29, 1.82) is 0 Å². The Labute approximate surface area is 57.4 Å². The Bertz CT molecular complexity index is 193. The van der Waals surface area contributed by atoms with Crippen molar-refractivity contribution in [3.63, 3.8) is 0 Å². The fraction of sp³-hybridized carbons (Fsp3) is 0.167. The molecule has 0 saturated carbocycles. The first-order valence-electron chi connectivity index (χ1n) is 2.47. The zero-order valence-corrected chi connectivity index (χ0v) is 5.30. The molecule has 0 bridgehead atoms. The number of hydrogen-bond acceptors (Lipinski definition) is 2. The highest BCUT2D eigenvalue weighted by atomic mass is 35.5. The van der Waals surface area contributed by atoms with Gasteiger partial charge in [-0.1, -0.05) is 17.7 Å². The Hall–Kier alpha value is -0.600. The topological polar surface area (TPSA) is 37.3 Å². The van der Waals surface area contributed by atoms with Gasteiger partial charge in [-0.15, -0.1) is 0 Å². The molecule has 48 valence electrons. The predicted molar refractivity (Wildman–Crippen MR) is 34.1 cm³/mol. The molecule has 1 aliphatic carbocycles. The van der Waals surface area contributed by atoms with Crippen molar-refractivity contribution in [2.75, 3.05) is 0 Å². The molecule has 0 radical (unpaired) electrons. The highest BCUT2D eigenvalue weighted by Crippen LogP contribution is 2.13. The first-order chi connectivity index (χ1) is 4.22. The largest absolute Gasteiger partial charge is 0.379 e. The molecule has 0 unspecified atom stereocenters. The Kier molecular flexibility index (Phi) is 1.69. The van der Waals surface area contributed by atoms with Gasteiger partial charge in [0.15, 0.2) is 11.9 Å². The first-order valence-corrected chi connectivity index (χ1v) is 2.85. The van der Waals surface area contributed by atoms with Crippen LogP contribution in [0.1, 0.15) is 0 Å². The van der Waals surface area contributed by atoms with Crippen LogP contribution >= 0.6 is 11.6 Å². The first kappa shape index (κ1) is 6.52. The number of aliphatic hydroxyl groups excluding tert-OH is 1. The molecular formula is C6H5ClO2. The summed E-state index contributed by atoms with van der Waals surface area (Å²) in [6.07, 6.45) is 3.17. The summed E-state index contributed by atoms with van der Waals surface area (Å²) in [6.45, 7) is 0. The van der Waals surface area contributed by atoms with Gasteiger partial charge in [0.05, 0.1) is 5.03 Å². The maximum Gasteiger partial charge on any atom is 0.189 e. The molecule has 2 nitrogen and oxygen atoms in total. The van der Waals surface area contributed by atoms with E-state index < -0.39 is 6.10 Å². The third-order valence-corrected chi connectivity index (χ3v) is 1.38. The Balaban J connectivity index is 2.86. The number of ketones is 1. The van der Waals surface area contributed by atoms with Crippen molar-refractivity contribution in [2.45, 2.75) is 6.10 Å². The smallest absolute Gasteiger partial charge is 0.189 e. The van der Waals surface area contributed by atoms with Crippen molar-refractivity contribution in [3.8, 4) is 0 Å². The van der Waals surface area contributed by atoms with E-state index in [1.807, 2.05) is 0 Å². The minimum Gasteiger partial charge on any atom is -0.379 e. The van der Waals surface area contributed by atoms with Gasteiger partial charge >= 0.3 is 0 Å². The molecule has 0 aromatic rings. The summed E-state index contributed by atoms with van der Waals surface area (Å²) < 4.78 is 0. The molecule has 1 atom stereocenters. The molecule has 0 amide bonds. The molecule has 1 N–H and O–H groups in total. The molecule has 0 aliphatic heterocycles. The van der Waals surface area contributed by atoms with Crippen molar-refractivity contribution < 1.29 is 9.90 Å². The number of hydrogen-bond donors (Lipinski definition) is 1. The van der Waals surface area contributed by atoms with E-state index in [1.165, 1.54) is 18.2 Å². The van der Waals surface area contributed by atoms with E-state index in [-0.39, 0.29) is 10.8 Å². The van der Waals surface area contributed by atoms with Gasteiger partial charge in [-0.3, -0.25) is 4.79 Å². The summed E-state index contributed by atoms with van der Waals surface area (Å²) >= 11 is 5.40. The van der Waals surface area contributed by atoms with Gasteiger partial charge in [-0.2, -0.15) is 0 Å². The van der Waals surface area contributed by atoms with Crippen LogP contribution in [0.15, 0.2) is 23.3 Å². The highest BCUT2D eigenvalue weighted by molar-refractivity contribution is 6.33. The van der Waals surface area contributed by atoms with Crippen LogP contribution in [0.2, 0.25) is 0 Å². The van der Waals surface area contributed by atoms with Gasteiger partial charge in [0, 0.05) is 0 Å². The van der Waals surface area contributed by atoms with Gasteiger partial charge in [-0.25, -0.2) is 0 Å². The second-order valence-corrected chi connectivity index (χ2v) is 2.15. The van der Waals surface area contributed by atoms with E-state index in [9.17, 15) is 4.79 Å². The van der Waals surface area contributed by atoms with Crippen LogP contribution in [-0.2, 0) is 4.79 Å². The van der Waals surface area contributed by atoms with Crippen LogP contribution in [0.4, 0.5) is 0 Å². The maximum atomic E-state index is 10.5. The summed E-state index contributed by atoms with van der Waals surface area (Å²) in [6, 6.07) is 0. The lowest BCUT2D eigenvalue weighted by atomic mass is 10.1. The van der Waals surface area contributed by atoms with E-state index in [0.717, 1.165) is 0 Å². The molecule has 1 aliphatic rings. The van der Waals surface area contributed by atoms with Gasteiger partial charge in [0.2, 0.25) is 0 Å². The normalized spacial score (nSPS) is 26.2. The molecule has 0 heterocycles. The number of allylic oxidation sites excluding steroid dienone is 2. The summed E-state index contributed by atoms with van der Waals surface area (Å²) in [5.74, 6) is -0.359. The highest BCUT2D eigenvalue weighted by Gasteiger charge is 2.17. The molecule has 0 spiro atoms. The quantitative estimate of drug-likeness (QED) is 0.541. The van der Waals surface area contributed by atoms with E-state index in [1.54, 1.807) is 0 Å². The zero-order valence-electron chi connectivity index (χ0n) is 4.54. The van der Waals surface area contributed by atoms with Gasteiger partial charge < -0.3 is 5.11 Å². The third kappa shape index (κ3) is 1.20. The van der Waals surface area contributed by atoms with Crippen molar-refractivity contribution >= 4 is 17.4 Å². The van der Waals surface area contributed by atoms with Gasteiger partial charge in [0.1, 0.15) is 0 Å². The van der Waals surface area contributed by atoms with E-state index in [0.29, 0.717) is 0 Å². The zero-order chi connectivity index (χ0) is 6.85. The van der Waals surface area contributed by atoms with Crippen LogP contribution in [0.3, 0.4) is 0 Å². The lowest BCUT2D eigenvalue weighted by Gasteiger charge is -2.06. The minimum absolute atomic E-state index is 0.183. The fourth-order valence-electron chi connectivity index (χ4n) is 0.553. The van der Waals surface area contributed by atoms with Crippen molar-refractivity contribution in [3.05, 3.63) is 23.3 Å². The van der Waals surface area contributed by atoms with Gasteiger partial charge in [-0.05, 0) is 12.2 Å². The number of halogens is 1. The monoisotopic (exact) mass is 144 g/mol. The SMILES string of the molecule is O=C1C=CC=C(Cl)[C@H]1O. The molecule has 0 aromatic heterocycles. The number of rotatable bonds is 0. The molecule has 3 heteroatoms. The fourth-order valence-corrected chi connectivity index (χ4v) is 0.733. The number of carbonyl (C=O) groups is 1. The summed E-state index contributed by atoms with van der Waals surface area (Å²) in [5.41, 5.74) is 0. The van der Waals surface area contributed by atoms with Crippen LogP contribution < -0.4 is 0 Å². The predicted octanol–water partition coefficient (Wildman–Crippen LogP) is 0.609. The minimum atomic E-state index is -1.13. The molecule has 1 rings (SSSR count). The average Bonchev–Trinajstić information content (AvgIpc) is 1.83. The lowest BCUT2D eigenvalue weighted by molar-refractivity contribution is -0.120. The number of carbonyl (C=O) groups excluding carboxylic acids is 1. The molecular weight excluding hydrogens is 140 g/mol. The van der Waals surface area contributed by atoms with Crippen molar-refractivity contribution in [2.24, 2.45) is 0 Å². The van der Waals surface area contributed by atoms with E-state index in [4.69, 9.17) is 16.7 Å². The Morgan fingerprint density at radius 3 is 2.78 bits per heavy atom. The molecule has 0 fully saturated rings. The molecule has 9 heavy (non-hydrogen) atoms. The molecule has 0 aromatic carbocycles. The Morgan fingerprint density at radius 2 is 2.33 bits per heavy atom. The van der Waals surface area contributed by atoms with Crippen LogP contribution in [0.25, 0.3) is 0 Å². The summed E-state index contributed by atoms with van der Waals surface area (Å²) in [7, 11) is 0. The van der Waals surface area contributed by atoms with E-state index in [2.05, 4.69) is 0 Å². The Morgan fingerprint density at radius 1 is 1.67 bits per heavy atom. The second-order valence-electron chi connectivity index (χ2n) is 1.72. The van der Waals surface area contributed by atoms with Crippen LogP contribution in [0.5, 0.6) is 0 Å². The summed E-state index contributed by atoms with van der Waals surface area (Å²) in [5, 5.41) is 9.03. The second kappa shape index (κ2) is 2.33. The van der Waals surface area contributed by atoms with E-state index >= 15 is 0 Å². The van der Waals surface area contributed by atoms with Crippen molar-refractivity contribution in [1.82, 2.24) is 0 Å². The summed E-state index contributed by atoms with van der Waals surface area (Å²) in [4.78, 5) is 10.5. The lowest BCUT2D eigenvalue weighted by Crippen LogP contribution is -2.19. The van der Waals surface area contributed by atoms with Gasteiger partial charge in [0.25, 0.3) is 0 Å². The molecule has 0 saturated heterocycles. The van der Waals surface area contributed by atoms with Crippen LogP contribution in [-0.4, -0.2) is 17.0 Å². The average molecular weight is 145 g/mol. The standard InChI is InChI=1S/C6H5ClO2/c7-4-2-1-3-5(8)6(4)9/h1-3,6,9H/t6-/m1/s1. The van der Waals surface area contributed by atoms with Crippen LogP contribution in [0, 0.1) is 0 Å². The number of aliphatic hydroxyl groups is 1. The maximum absolute atomic E-state index is 10.5.